The van der Waals surface area contributed by atoms with Crippen molar-refractivity contribution in [3.63, 3.8) is 0 Å². The number of rotatable bonds is 2. The molecule has 4 heteroatoms. The van der Waals surface area contributed by atoms with Crippen LogP contribution in [-0.4, -0.2) is 32.0 Å². The van der Waals surface area contributed by atoms with Crippen molar-refractivity contribution in [2.24, 2.45) is 0 Å². The summed E-state index contributed by atoms with van der Waals surface area (Å²) >= 11 is 0. The summed E-state index contributed by atoms with van der Waals surface area (Å²) < 4.78 is 4.54. The van der Waals surface area contributed by atoms with Crippen molar-refractivity contribution >= 4 is 17.9 Å². The highest BCUT2D eigenvalue weighted by molar-refractivity contribution is 5.98. The lowest BCUT2D eigenvalue weighted by Gasteiger charge is -2.19. The van der Waals surface area contributed by atoms with Gasteiger partial charge in [-0.1, -0.05) is 18.2 Å². The first-order valence-electron chi connectivity index (χ1n) is 5.97. The van der Waals surface area contributed by atoms with Crippen molar-refractivity contribution in [1.82, 2.24) is 0 Å². The minimum atomic E-state index is -0.315. The van der Waals surface area contributed by atoms with Crippen LogP contribution in [0.25, 0.3) is 0 Å². The zero-order valence-electron chi connectivity index (χ0n) is 11.1. The molecule has 1 aliphatic heterocycles. The van der Waals surface area contributed by atoms with Crippen LogP contribution in [0, 0.1) is 0 Å². The summed E-state index contributed by atoms with van der Waals surface area (Å²) in [6.07, 6.45) is 1.47. The molecule has 0 spiro atoms. The summed E-state index contributed by atoms with van der Waals surface area (Å²) in [6, 6.07) is 7.31. The predicted molar refractivity (Wildman–Crippen MR) is 70.7 cm³/mol. The Bertz CT molecular complexity index is 415. The highest BCUT2D eigenvalue weighted by atomic mass is 16.5. The highest BCUT2D eigenvalue weighted by Crippen LogP contribution is 2.30. The standard InChI is InChI=1S/C11H11NO2.C3H8O/c1-8(14)12-10(7-13)6-9-4-2-3-5-11(9)12;1-3-4-2/h2-5,7,10H,6H2,1H3;3H2,1-2H3. The third-order valence-corrected chi connectivity index (χ3v) is 2.80. The van der Waals surface area contributed by atoms with Gasteiger partial charge in [0, 0.05) is 32.7 Å². The quantitative estimate of drug-likeness (QED) is 0.751. The van der Waals surface area contributed by atoms with Crippen molar-refractivity contribution in [3.8, 4) is 0 Å². The molecule has 1 aliphatic rings. The van der Waals surface area contributed by atoms with Crippen LogP contribution in [0.3, 0.4) is 0 Å². The van der Waals surface area contributed by atoms with Gasteiger partial charge in [0.15, 0.2) is 0 Å². The zero-order valence-corrected chi connectivity index (χ0v) is 11.1. The van der Waals surface area contributed by atoms with E-state index in [2.05, 4.69) is 4.74 Å². The first-order valence-corrected chi connectivity index (χ1v) is 5.97. The van der Waals surface area contributed by atoms with Gasteiger partial charge in [-0.15, -0.1) is 0 Å². The fraction of sp³-hybridized carbons (Fsp3) is 0.429. The SMILES string of the molecule is CC(=O)N1c2ccccc2CC1C=O.CCOC. The van der Waals surface area contributed by atoms with Crippen LogP contribution < -0.4 is 4.90 Å². The number of aldehydes is 1. The number of benzene rings is 1. The molecule has 1 unspecified atom stereocenters. The Labute approximate surface area is 108 Å². The maximum absolute atomic E-state index is 11.3. The van der Waals surface area contributed by atoms with E-state index in [0.717, 1.165) is 24.1 Å². The van der Waals surface area contributed by atoms with Gasteiger partial charge in [-0.05, 0) is 18.6 Å². The molecule has 98 valence electrons. The maximum atomic E-state index is 11.3. The Balaban J connectivity index is 0.000000357. The van der Waals surface area contributed by atoms with Gasteiger partial charge < -0.3 is 14.4 Å². The summed E-state index contributed by atoms with van der Waals surface area (Å²) in [6.45, 7) is 4.26. The van der Waals surface area contributed by atoms with Crippen LogP contribution in [0.1, 0.15) is 19.4 Å². The largest absolute Gasteiger partial charge is 0.385 e. The number of hydrogen-bond acceptors (Lipinski definition) is 3. The number of anilines is 1. The molecule has 18 heavy (non-hydrogen) atoms. The summed E-state index contributed by atoms with van der Waals surface area (Å²) in [5, 5.41) is 0. The lowest BCUT2D eigenvalue weighted by Crippen LogP contribution is -2.36. The topological polar surface area (TPSA) is 46.6 Å². The van der Waals surface area contributed by atoms with Crippen LogP contribution in [0.15, 0.2) is 24.3 Å². The van der Waals surface area contributed by atoms with E-state index in [4.69, 9.17) is 0 Å². The van der Waals surface area contributed by atoms with Crippen molar-refractivity contribution in [1.29, 1.82) is 0 Å². The van der Waals surface area contributed by atoms with E-state index in [1.54, 1.807) is 12.0 Å². The fourth-order valence-electron chi connectivity index (χ4n) is 1.93. The van der Waals surface area contributed by atoms with Gasteiger partial charge in [0.25, 0.3) is 0 Å². The van der Waals surface area contributed by atoms with Gasteiger partial charge in [0.05, 0.1) is 6.04 Å². The fourth-order valence-corrected chi connectivity index (χ4v) is 1.93. The van der Waals surface area contributed by atoms with Gasteiger partial charge in [0.2, 0.25) is 5.91 Å². The molecular weight excluding hydrogens is 230 g/mol. The van der Waals surface area contributed by atoms with Crippen molar-refractivity contribution in [2.75, 3.05) is 18.6 Å². The number of amides is 1. The molecule has 0 aliphatic carbocycles. The second-order valence-corrected chi connectivity index (χ2v) is 4.00. The summed E-state index contributed by atoms with van der Waals surface area (Å²) in [4.78, 5) is 23.7. The molecule has 0 bridgehead atoms. The normalized spacial score (nSPS) is 16.6. The van der Waals surface area contributed by atoms with E-state index in [9.17, 15) is 9.59 Å². The van der Waals surface area contributed by atoms with Crippen molar-refractivity contribution in [2.45, 2.75) is 26.3 Å². The van der Waals surface area contributed by atoms with Crippen LogP contribution >= 0.6 is 0 Å². The van der Waals surface area contributed by atoms with E-state index in [1.807, 2.05) is 31.2 Å². The van der Waals surface area contributed by atoms with Crippen LogP contribution in [0.4, 0.5) is 5.69 Å². The summed E-state index contributed by atoms with van der Waals surface area (Å²) in [5.74, 6) is -0.0768. The molecule has 1 aromatic carbocycles. The van der Waals surface area contributed by atoms with E-state index in [1.165, 1.54) is 6.92 Å². The van der Waals surface area contributed by atoms with E-state index < -0.39 is 0 Å². The number of hydrogen-bond donors (Lipinski definition) is 0. The number of methoxy groups -OCH3 is 1. The molecule has 1 atom stereocenters. The Hall–Kier alpha value is -1.68. The third kappa shape index (κ3) is 3.17. The Kier molecular flexibility index (Phi) is 5.52. The molecule has 1 amide bonds. The minimum Gasteiger partial charge on any atom is -0.385 e. The van der Waals surface area contributed by atoms with Gasteiger partial charge >= 0.3 is 0 Å². The molecule has 0 saturated heterocycles. The second kappa shape index (κ2) is 6.91. The first-order chi connectivity index (χ1) is 8.65. The number of para-hydroxylation sites is 1. The number of fused-ring (bicyclic) bond motifs is 1. The average molecular weight is 249 g/mol. The van der Waals surface area contributed by atoms with E-state index in [-0.39, 0.29) is 11.9 Å². The lowest BCUT2D eigenvalue weighted by atomic mass is 10.1. The highest BCUT2D eigenvalue weighted by Gasteiger charge is 2.30. The lowest BCUT2D eigenvalue weighted by molar-refractivity contribution is -0.119. The smallest absolute Gasteiger partial charge is 0.224 e. The Morgan fingerprint density at radius 2 is 2.11 bits per heavy atom. The van der Waals surface area contributed by atoms with Crippen LogP contribution in [0.5, 0.6) is 0 Å². The summed E-state index contributed by atoms with van der Waals surface area (Å²) in [7, 11) is 1.68. The monoisotopic (exact) mass is 249 g/mol. The first kappa shape index (κ1) is 14.4. The van der Waals surface area contributed by atoms with Crippen LogP contribution in [-0.2, 0) is 20.7 Å². The van der Waals surface area contributed by atoms with Crippen LogP contribution in [0.2, 0.25) is 0 Å². The second-order valence-electron chi connectivity index (χ2n) is 4.00. The predicted octanol–water partition coefficient (Wildman–Crippen LogP) is 1.82. The van der Waals surface area contributed by atoms with Crippen molar-refractivity contribution in [3.05, 3.63) is 29.8 Å². The zero-order chi connectivity index (χ0) is 13.5. The Morgan fingerprint density at radius 3 is 2.61 bits per heavy atom. The molecule has 4 nitrogen and oxygen atoms in total. The maximum Gasteiger partial charge on any atom is 0.224 e. The molecule has 0 saturated carbocycles. The van der Waals surface area contributed by atoms with E-state index >= 15 is 0 Å². The molecular formula is C14H19NO3. The Morgan fingerprint density at radius 1 is 1.50 bits per heavy atom. The third-order valence-electron chi connectivity index (χ3n) is 2.80. The minimum absolute atomic E-state index is 0.0768. The summed E-state index contributed by atoms with van der Waals surface area (Å²) in [5.41, 5.74) is 1.94. The molecule has 0 fully saturated rings. The number of carbonyl (C=O) groups is 2. The van der Waals surface area contributed by atoms with Gasteiger partial charge in [-0.2, -0.15) is 0 Å². The van der Waals surface area contributed by atoms with Gasteiger partial charge in [-0.3, -0.25) is 4.79 Å². The van der Waals surface area contributed by atoms with E-state index in [0.29, 0.717) is 6.42 Å². The number of nitrogens with zero attached hydrogens (tertiary/aromatic N) is 1. The van der Waals surface area contributed by atoms with Crippen molar-refractivity contribution < 1.29 is 14.3 Å². The average Bonchev–Trinajstić information content (AvgIpc) is 2.77. The molecule has 0 radical (unpaired) electrons. The molecule has 1 heterocycles. The number of ether oxygens (including phenoxy) is 1. The molecule has 0 N–H and O–H groups in total. The molecule has 2 rings (SSSR count). The molecule has 1 aromatic rings. The number of carbonyl (C=O) groups excluding carboxylic acids is 2. The van der Waals surface area contributed by atoms with Gasteiger partial charge in [-0.25, -0.2) is 0 Å². The molecule has 0 aromatic heterocycles. The van der Waals surface area contributed by atoms with Gasteiger partial charge in [0.1, 0.15) is 6.29 Å².